The maximum absolute atomic E-state index is 12.2. The minimum absolute atomic E-state index is 0.0569. The van der Waals surface area contributed by atoms with E-state index in [1.807, 2.05) is 33.8 Å². The largest absolute Gasteiger partial charge is 0.332 e. The molecule has 0 radical (unpaired) electrons. The van der Waals surface area contributed by atoms with Gasteiger partial charge in [0.15, 0.2) is 0 Å². The van der Waals surface area contributed by atoms with Crippen LogP contribution in [0, 0.1) is 6.92 Å². The summed E-state index contributed by atoms with van der Waals surface area (Å²) in [6.45, 7) is 8.10. The molecular weight excluding hydrogens is 236 g/mol. The predicted octanol–water partition coefficient (Wildman–Crippen LogP) is 2.13. The average molecular weight is 252 g/mol. The second kappa shape index (κ2) is 4.14. The summed E-state index contributed by atoms with van der Waals surface area (Å²) in [6, 6.07) is 1.92. The van der Waals surface area contributed by atoms with E-state index >= 15 is 0 Å². The number of nitrogens with zero attached hydrogens (tertiary/aromatic N) is 2. The molecule has 0 aliphatic heterocycles. The van der Waals surface area contributed by atoms with Gasteiger partial charge in [0, 0.05) is 17.5 Å². The summed E-state index contributed by atoms with van der Waals surface area (Å²) in [5.74, 6) is 0. The molecule has 2 aromatic rings. The van der Waals surface area contributed by atoms with E-state index in [-0.39, 0.29) is 17.3 Å². The van der Waals surface area contributed by atoms with E-state index in [2.05, 4.69) is 0 Å². The quantitative estimate of drug-likeness (QED) is 0.822. The van der Waals surface area contributed by atoms with Gasteiger partial charge in [-0.3, -0.25) is 13.9 Å². The Kier molecular flexibility index (Phi) is 2.95. The van der Waals surface area contributed by atoms with Crippen molar-refractivity contribution in [3.05, 3.63) is 31.8 Å². The van der Waals surface area contributed by atoms with E-state index in [4.69, 9.17) is 0 Å². The van der Waals surface area contributed by atoms with Gasteiger partial charge in [-0.15, -0.1) is 11.3 Å². The molecule has 0 bridgehead atoms. The van der Waals surface area contributed by atoms with Gasteiger partial charge in [-0.1, -0.05) is 0 Å². The first kappa shape index (κ1) is 12.1. The van der Waals surface area contributed by atoms with Crippen LogP contribution < -0.4 is 11.2 Å². The minimum Gasteiger partial charge on any atom is -0.282 e. The first-order valence-electron chi connectivity index (χ1n) is 5.72. The first-order valence-corrected chi connectivity index (χ1v) is 6.54. The summed E-state index contributed by atoms with van der Waals surface area (Å²) in [5.41, 5.74) is -0.379. The summed E-state index contributed by atoms with van der Waals surface area (Å²) < 4.78 is 3.01. The molecule has 92 valence electrons. The number of aryl methyl sites for hydroxylation is 1. The summed E-state index contributed by atoms with van der Waals surface area (Å²) in [6.07, 6.45) is 0. The fraction of sp³-hybridized carbons (Fsp3) is 0.500. The summed E-state index contributed by atoms with van der Waals surface area (Å²) in [7, 11) is 0. The molecular formula is C12H16N2O2S. The Morgan fingerprint density at radius 1 is 1.35 bits per heavy atom. The van der Waals surface area contributed by atoms with E-state index < -0.39 is 0 Å². The van der Waals surface area contributed by atoms with Gasteiger partial charge < -0.3 is 0 Å². The van der Waals surface area contributed by atoms with E-state index in [0.717, 1.165) is 9.71 Å². The monoisotopic (exact) mass is 252 g/mol. The highest BCUT2D eigenvalue weighted by molar-refractivity contribution is 7.18. The van der Waals surface area contributed by atoms with Gasteiger partial charge >= 0.3 is 5.69 Å². The predicted molar refractivity (Wildman–Crippen MR) is 71.1 cm³/mol. The number of hydrogen-bond donors (Lipinski definition) is 0. The lowest BCUT2D eigenvalue weighted by molar-refractivity contribution is 0.540. The Hall–Kier alpha value is -1.36. The van der Waals surface area contributed by atoms with Gasteiger partial charge in [0.05, 0.1) is 5.39 Å². The van der Waals surface area contributed by atoms with Crippen molar-refractivity contribution in [3.63, 3.8) is 0 Å². The summed E-state index contributed by atoms with van der Waals surface area (Å²) in [4.78, 5) is 26.2. The van der Waals surface area contributed by atoms with Crippen LogP contribution in [0.3, 0.4) is 0 Å². The zero-order chi connectivity index (χ0) is 12.7. The number of thiophene rings is 1. The van der Waals surface area contributed by atoms with Crippen LogP contribution in [0.25, 0.3) is 10.2 Å². The molecule has 2 heterocycles. The van der Waals surface area contributed by atoms with E-state index in [9.17, 15) is 9.59 Å². The highest BCUT2D eigenvalue weighted by Gasteiger charge is 2.15. The van der Waals surface area contributed by atoms with Crippen LogP contribution in [0.15, 0.2) is 15.7 Å². The van der Waals surface area contributed by atoms with Crippen molar-refractivity contribution in [3.8, 4) is 0 Å². The molecule has 0 N–H and O–H groups in total. The molecule has 4 nitrogen and oxygen atoms in total. The number of fused-ring (bicyclic) bond motifs is 1. The van der Waals surface area contributed by atoms with Crippen molar-refractivity contribution < 1.29 is 0 Å². The fourth-order valence-electron chi connectivity index (χ4n) is 2.02. The zero-order valence-electron chi connectivity index (χ0n) is 10.5. The third kappa shape index (κ3) is 1.74. The van der Waals surface area contributed by atoms with Gasteiger partial charge in [-0.2, -0.15) is 0 Å². The highest BCUT2D eigenvalue weighted by Crippen LogP contribution is 2.23. The van der Waals surface area contributed by atoms with Crippen molar-refractivity contribution in [1.82, 2.24) is 9.13 Å². The lowest BCUT2D eigenvalue weighted by atomic mass is 10.3. The van der Waals surface area contributed by atoms with Gasteiger partial charge in [0.2, 0.25) is 0 Å². The van der Waals surface area contributed by atoms with Crippen LogP contribution in [0.4, 0.5) is 0 Å². The molecule has 0 saturated carbocycles. The molecule has 2 rings (SSSR count). The average Bonchev–Trinajstić information content (AvgIpc) is 2.60. The lowest BCUT2D eigenvalue weighted by Gasteiger charge is -2.13. The van der Waals surface area contributed by atoms with Crippen molar-refractivity contribution >= 4 is 21.6 Å². The molecule has 0 aliphatic rings. The van der Waals surface area contributed by atoms with Crippen molar-refractivity contribution in [2.75, 3.05) is 0 Å². The highest BCUT2D eigenvalue weighted by atomic mass is 32.1. The molecule has 0 aliphatic carbocycles. The molecule has 0 unspecified atom stereocenters. The number of rotatable bonds is 2. The van der Waals surface area contributed by atoms with E-state index in [1.54, 1.807) is 4.57 Å². The van der Waals surface area contributed by atoms with Gasteiger partial charge in [-0.05, 0) is 33.8 Å². The normalized spacial score (nSPS) is 11.6. The van der Waals surface area contributed by atoms with Crippen LogP contribution in [0.1, 0.15) is 31.7 Å². The number of aromatic nitrogens is 2. The Bertz CT molecular complexity index is 676. The Labute approximate surface area is 103 Å². The molecule has 0 saturated heterocycles. The second-order valence-electron chi connectivity index (χ2n) is 4.37. The third-order valence-electron chi connectivity index (χ3n) is 2.80. The van der Waals surface area contributed by atoms with Crippen LogP contribution in [-0.2, 0) is 6.54 Å². The van der Waals surface area contributed by atoms with Gasteiger partial charge in [0.25, 0.3) is 5.56 Å². The van der Waals surface area contributed by atoms with Gasteiger partial charge in [0.1, 0.15) is 4.83 Å². The molecule has 0 amide bonds. The molecule has 5 heteroatoms. The van der Waals surface area contributed by atoms with Crippen LogP contribution in [0.2, 0.25) is 0 Å². The molecule has 2 aromatic heterocycles. The molecule has 0 aromatic carbocycles. The fourth-order valence-corrected chi connectivity index (χ4v) is 3.14. The van der Waals surface area contributed by atoms with Crippen LogP contribution in [-0.4, -0.2) is 9.13 Å². The van der Waals surface area contributed by atoms with Crippen molar-refractivity contribution in [2.24, 2.45) is 0 Å². The molecule has 0 spiro atoms. The van der Waals surface area contributed by atoms with E-state index in [1.165, 1.54) is 15.9 Å². The Morgan fingerprint density at radius 2 is 2.00 bits per heavy atom. The third-order valence-corrected chi connectivity index (χ3v) is 3.85. The molecule has 17 heavy (non-hydrogen) atoms. The zero-order valence-corrected chi connectivity index (χ0v) is 11.3. The van der Waals surface area contributed by atoms with Crippen LogP contribution >= 0.6 is 11.3 Å². The maximum atomic E-state index is 12.2. The Morgan fingerprint density at radius 3 is 2.53 bits per heavy atom. The Balaban J connectivity index is 3.06. The topological polar surface area (TPSA) is 44.0 Å². The SMILES string of the molecule is CCn1c(=O)c2cc(C)sc2n(C(C)C)c1=O. The lowest BCUT2D eigenvalue weighted by Crippen LogP contribution is -2.39. The van der Waals surface area contributed by atoms with Gasteiger partial charge in [-0.25, -0.2) is 4.79 Å². The van der Waals surface area contributed by atoms with E-state index in [0.29, 0.717) is 11.9 Å². The first-order chi connectivity index (χ1) is 7.97. The standard InChI is InChI=1S/C12H16N2O2S/c1-5-13-10(15)9-6-8(4)17-11(9)14(7(2)3)12(13)16/h6-7H,5H2,1-4H3. The molecule has 0 fully saturated rings. The molecule has 0 atom stereocenters. The summed E-state index contributed by atoms with van der Waals surface area (Å²) in [5, 5.41) is 0.655. The maximum Gasteiger partial charge on any atom is 0.332 e. The smallest absolute Gasteiger partial charge is 0.282 e. The van der Waals surface area contributed by atoms with Crippen molar-refractivity contribution in [2.45, 2.75) is 40.3 Å². The summed E-state index contributed by atoms with van der Waals surface area (Å²) >= 11 is 1.50. The minimum atomic E-state index is -0.207. The second-order valence-corrected chi connectivity index (χ2v) is 5.61. The van der Waals surface area contributed by atoms with Crippen LogP contribution in [0.5, 0.6) is 0 Å². The number of hydrogen-bond acceptors (Lipinski definition) is 3. The van der Waals surface area contributed by atoms with Crippen molar-refractivity contribution in [1.29, 1.82) is 0 Å².